The van der Waals surface area contributed by atoms with Gasteiger partial charge in [0.25, 0.3) is 0 Å². The molecule has 0 aromatic heterocycles. The predicted molar refractivity (Wildman–Crippen MR) is 72.0 cm³/mol. The van der Waals surface area contributed by atoms with E-state index < -0.39 is 0 Å². The van der Waals surface area contributed by atoms with E-state index in [1.165, 1.54) is 42.6 Å². The highest BCUT2D eigenvalue weighted by molar-refractivity contribution is 7.98. The van der Waals surface area contributed by atoms with Crippen LogP contribution in [0.15, 0.2) is 29.2 Å². The highest BCUT2D eigenvalue weighted by Crippen LogP contribution is 2.38. The first-order chi connectivity index (χ1) is 7.80. The molecule has 0 unspecified atom stereocenters. The van der Waals surface area contributed by atoms with E-state index in [9.17, 15) is 0 Å². The number of thioether (sulfide) groups is 1. The Morgan fingerprint density at radius 1 is 1.12 bits per heavy atom. The van der Waals surface area contributed by atoms with Crippen molar-refractivity contribution in [1.29, 1.82) is 0 Å². The van der Waals surface area contributed by atoms with Gasteiger partial charge in [-0.2, -0.15) is 0 Å². The maximum atomic E-state index is 6.04. The van der Waals surface area contributed by atoms with Gasteiger partial charge >= 0.3 is 0 Å². The molecule has 16 heavy (non-hydrogen) atoms. The summed E-state index contributed by atoms with van der Waals surface area (Å²) < 4.78 is 0. The lowest BCUT2D eigenvalue weighted by Crippen LogP contribution is -2.37. The highest BCUT2D eigenvalue weighted by atomic mass is 32.2. The van der Waals surface area contributed by atoms with Crippen LogP contribution in [0.25, 0.3) is 0 Å². The molecule has 1 aliphatic carbocycles. The summed E-state index contributed by atoms with van der Waals surface area (Å²) >= 11 is 1.80. The second-order valence-corrected chi connectivity index (χ2v) is 5.65. The third-order valence-electron chi connectivity index (χ3n) is 3.90. The summed E-state index contributed by atoms with van der Waals surface area (Å²) in [5.74, 6) is 0. The van der Waals surface area contributed by atoms with Crippen molar-refractivity contribution in [3.8, 4) is 0 Å². The van der Waals surface area contributed by atoms with Gasteiger partial charge < -0.3 is 5.73 Å². The van der Waals surface area contributed by atoms with Crippen LogP contribution in [-0.2, 0) is 5.41 Å². The molecule has 0 spiro atoms. The molecule has 0 aliphatic heterocycles. The van der Waals surface area contributed by atoms with Gasteiger partial charge in [-0.05, 0) is 36.8 Å². The Bertz CT molecular complexity index is 325. The molecule has 2 N–H and O–H groups in total. The quantitative estimate of drug-likeness (QED) is 0.811. The van der Waals surface area contributed by atoms with Crippen LogP contribution in [0.5, 0.6) is 0 Å². The van der Waals surface area contributed by atoms with Gasteiger partial charge in [0.1, 0.15) is 0 Å². The molecule has 0 heterocycles. The van der Waals surface area contributed by atoms with Gasteiger partial charge in [-0.25, -0.2) is 0 Å². The standard InChI is InChI=1S/C14H21NS/c1-16-13-7-5-12(6-8-13)14(11-15)9-3-2-4-10-14/h5-8H,2-4,9-11,15H2,1H3. The number of nitrogens with two attached hydrogens (primary N) is 1. The minimum atomic E-state index is 0.273. The fraction of sp³-hybridized carbons (Fsp3) is 0.571. The van der Waals surface area contributed by atoms with Crippen molar-refractivity contribution in [2.45, 2.75) is 42.4 Å². The number of rotatable bonds is 3. The zero-order valence-corrected chi connectivity index (χ0v) is 10.9. The Balaban J connectivity index is 2.24. The Morgan fingerprint density at radius 3 is 2.25 bits per heavy atom. The van der Waals surface area contributed by atoms with Gasteiger partial charge in [0.05, 0.1) is 0 Å². The Hall–Kier alpha value is -0.470. The molecule has 0 atom stereocenters. The molecular formula is C14H21NS. The topological polar surface area (TPSA) is 26.0 Å². The Kier molecular flexibility index (Phi) is 3.93. The lowest BCUT2D eigenvalue weighted by atomic mass is 9.69. The smallest absolute Gasteiger partial charge is 0.00755 e. The summed E-state index contributed by atoms with van der Waals surface area (Å²) in [6.07, 6.45) is 8.70. The molecule has 0 bridgehead atoms. The van der Waals surface area contributed by atoms with E-state index in [1.54, 1.807) is 11.8 Å². The van der Waals surface area contributed by atoms with Gasteiger partial charge in [0, 0.05) is 16.9 Å². The van der Waals surface area contributed by atoms with Crippen molar-refractivity contribution in [3.63, 3.8) is 0 Å². The first-order valence-electron chi connectivity index (χ1n) is 6.15. The van der Waals surface area contributed by atoms with Crippen LogP contribution in [0.4, 0.5) is 0 Å². The lowest BCUT2D eigenvalue weighted by Gasteiger charge is -2.36. The van der Waals surface area contributed by atoms with Crippen molar-refractivity contribution in [2.75, 3.05) is 12.8 Å². The van der Waals surface area contributed by atoms with Crippen LogP contribution in [0.3, 0.4) is 0 Å². The lowest BCUT2D eigenvalue weighted by molar-refractivity contribution is 0.300. The van der Waals surface area contributed by atoms with Crippen molar-refractivity contribution >= 4 is 11.8 Å². The summed E-state index contributed by atoms with van der Waals surface area (Å²) in [7, 11) is 0. The maximum Gasteiger partial charge on any atom is 0.00755 e. The van der Waals surface area contributed by atoms with Crippen molar-refractivity contribution < 1.29 is 0 Å². The van der Waals surface area contributed by atoms with Crippen molar-refractivity contribution in [1.82, 2.24) is 0 Å². The minimum absolute atomic E-state index is 0.273. The van der Waals surface area contributed by atoms with E-state index in [2.05, 4.69) is 30.5 Å². The van der Waals surface area contributed by atoms with Crippen molar-refractivity contribution in [2.24, 2.45) is 5.73 Å². The monoisotopic (exact) mass is 235 g/mol. The normalized spacial score (nSPS) is 19.6. The highest BCUT2D eigenvalue weighted by Gasteiger charge is 2.32. The van der Waals surface area contributed by atoms with E-state index in [4.69, 9.17) is 5.73 Å². The first-order valence-corrected chi connectivity index (χ1v) is 7.38. The van der Waals surface area contributed by atoms with Crippen LogP contribution in [0.1, 0.15) is 37.7 Å². The molecule has 0 saturated heterocycles. The van der Waals surface area contributed by atoms with Crippen LogP contribution >= 0.6 is 11.8 Å². The fourth-order valence-corrected chi connectivity index (χ4v) is 3.19. The summed E-state index contributed by atoms with van der Waals surface area (Å²) in [4.78, 5) is 1.34. The van der Waals surface area contributed by atoms with E-state index in [-0.39, 0.29) is 5.41 Å². The summed E-state index contributed by atoms with van der Waals surface area (Å²) in [6, 6.07) is 9.02. The largest absolute Gasteiger partial charge is 0.330 e. The summed E-state index contributed by atoms with van der Waals surface area (Å²) in [6.45, 7) is 0.797. The molecule has 1 saturated carbocycles. The van der Waals surface area contributed by atoms with Gasteiger partial charge in [-0.1, -0.05) is 31.4 Å². The fourth-order valence-electron chi connectivity index (χ4n) is 2.78. The van der Waals surface area contributed by atoms with Gasteiger partial charge in [0.15, 0.2) is 0 Å². The molecule has 1 aliphatic rings. The molecule has 88 valence electrons. The second-order valence-electron chi connectivity index (χ2n) is 4.77. The van der Waals surface area contributed by atoms with E-state index in [0.29, 0.717) is 0 Å². The van der Waals surface area contributed by atoms with Crippen LogP contribution in [-0.4, -0.2) is 12.8 Å². The Morgan fingerprint density at radius 2 is 1.75 bits per heavy atom. The maximum absolute atomic E-state index is 6.04. The average molecular weight is 235 g/mol. The Labute approximate surface area is 103 Å². The van der Waals surface area contributed by atoms with E-state index in [0.717, 1.165) is 6.54 Å². The molecule has 1 aromatic rings. The molecule has 2 heteroatoms. The van der Waals surface area contributed by atoms with E-state index in [1.807, 2.05) is 0 Å². The van der Waals surface area contributed by atoms with Crippen molar-refractivity contribution in [3.05, 3.63) is 29.8 Å². The van der Waals surface area contributed by atoms with Gasteiger partial charge in [0.2, 0.25) is 0 Å². The molecule has 1 aromatic carbocycles. The molecule has 1 nitrogen and oxygen atoms in total. The van der Waals surface area contributed by atoms with E-state index >= 15 is 0 Å². The molecule has 0 radical (unpaired) electrons. The average Bonchev–Trinajstić information content (AvgIpc) is 2.39. The molecule has 2 rings (SSSR count). The number of hydrogen-bond donors (Lipinski definition) is 1. The third-order valence-corrected chi connectivity index (χ3v) is 4.65. The van der Waals surface area contributed by atoms with Crippen LogP contribution in [0.2, 0.25) is 0 Å². The zero-order chi connectivity index (χ0) is 11.4. The molecule has 1 fully saturated rings. The predicted octanol–water partition coefficient (Wildman–Crippen LogP) is 3.57. The van der Waals surface area contributed by atoms with Gasteiger partial charge in [-0.3, -0.25) is 0 Å². The number of benzene rings is 1. The third kappa shape index (κ3) is 2.28. The second kappa shape index (κ2) is 5.24. The zero-order valence-electron chi connectivity index (χ0n) is 10.0. The first kappa shape index (κ1) is 12.0. The molecule has 0 amide bonds. The number of hydrogen-bond acceptors (Lipinski definition) is 2. The summed E-state index contributed by atoms with van der Waals surface area (Å²) in [5.41, 5.74) is 7.76. The van der Waals surface area contributed by atoms with Crippen LogP contribution < -0.4 is 5.73 Å². The SMILES string of the molecule is CSc1ccc(C2(CN)CCCCC2)cc1. The van der Waals surface area contributed by atoms with Gasteiger partial charge in [-0.15, -0.1) is 11.8 Å². The summed E-state index contributed by atoms with van der Waals surface area (Å²) in [5, 5.41) is 0. The van der Waals surface area contributed by atoms with Crippen LogP contribution in [0, 0.1) is 0 Å². The minimum Gasteiger partial charge on any atom is -0.330 e. The molecular weight excluding hydrogens is 214 g/mol.